The lowest BCUT2D eigenvalue weighted by Gasteiger charge is -2.15. The number of pyridine rings is 1. The van der Waals surface area contributed by atoms with Crippen molar-refractivity contribution in [1.29, 1.82) is 0 Å². The summed E-state index contributed by atoms with van der Waals surface area (Å²) in [4.78, 5) is 16.1. The fraction of sp³-hybridized carbons (Fsp3) is 0.600. The van der Waals surface area contributed by atoms with Crippen LogP contribution in [0.25, 0.3) is 0 Å². The zero-order valence-electron chi connectivity index (χ0n) is 12.8. The molecule has 112 valence electrons. The predicted molar refractivity (Wildman–Crippen MR) is 79.6 cm³/mol. The molecule has 0 aliphatic rings. The Bertz CT molecular complexity index is 421. The van der Waals surface area contributed by atoms with E-state index in [-0.39, 0.29) is 17.9 Å². The van der Waals surface area contributed by atoms with E-state index in [0.29, 0.717) is 19.0 Å². The zero-order valence-corrected chi connectivity index (χ0v) is 12.8. The van der Waals surface area contributed by atoms with E-state index in [9.17, 15) is 4.79 Å². The van der Waals surface area contributed by atoms with Gasteiger partial charge in [0.05, 0.1) is 6.10 Å². The molecule has 0 bridgehead atoms. The van der Waals surface area contributed by atoms with Crippen LogP contribution in [0.15, 0.2) is 18.3 Å². The van der Waals surface area contributed by atoms with Crippen molar-refractivity contribution in [3.05, 3.63) is 23.9 Å². The normalized spacial score (nSPS) is 12.2. The molecule has 0 saturated carbocycles. The molecule has 20 heavy (non-hydrogen) atoms. The lowest BCUT2D eigenvalue weighted by molar-refractivity contribution is -0.124. The fourth-order valence-corrected chi connectivity index (χ4v) is 1.70. The maximum atomic E-state index is 11.9. The largest absolute Gasteiger partial charge is 0.475 e. The van der Waals surface area contributed by atoms with E-state index in [2.05, 4.69) is 15.6 Å². The van der Waals surface area contributed by atoms with E-state index in [1.165, 1.54) is 0 Å². The quantitative estimate of drug-likeness (QED) is 0.760. The van der Waals surface area contributed by atoms with Crippen molar-refractivity contribution < 1.29 is 9.53 Å². The summed E-state index contributed by atoms with van der Waals surface area (Å²) in [5.41, 5.74) is 0.894. The van der Waals surface area contributed by atoms with Gasteiger partial charge in [-0.15, -0.1) is 0 Å². The van der Waals surface area contributed by atoms with Crippen LogP contribution in [0.1, 0.15) is 33.3 Å². The summed E-state index contributed by atoms with van der Waals surface area (Å²) < 4.78 is 5.63. The topological polar surface area (TPSA) is 63.2 Å². The van der Waals surface area contributed by atoms with Crippen molar-refractivity contribution in [1.82, 2.24) is 15.6 Å². The van der Waals surface area contributed by atoms with Gasteiger partial charge in [-0.05, 0) is 26.5 Å². The standard InChI is InChI=1S/C15H25N3O2/c1-5-16-9-12(4)14(19)18-10-13-7-6-8-17-15(13)20-11(2)3/h6-8,11-12,16H,5,9-10H2,1-4H3,(H,18,19). The van der Waals surface area contributed by atoms with Crippen molar-refractivity contribution in [3.8, 4) is 5.88 Å². The molecule has 2 N–H and O–H groups in total. The molecule has 1 amide bonds. The SMILES string of the molecule is CCNCC(C)C(=O)NCc1cccnc1OC(C)C. The molecule has 1 rings (SSSR count). The number of carbonyl (C=O) groups is 1. The van der Waals surface area contributed by atoms with Crippen LogP contribution in [-0.2, 0) is 11.3 Å². The number of hydrogen-bond donors (Lipinski definition) is 2. The lowest BCUT2D eigenvalue weighted by atomic mass is 10.1. The van der Waals surface area contributed by atoms with Gasteiger partial charge in [0.1, 0.15) is 0 Å². The van der Waals surface area contributed by atoms with Gasteiger partial charge < -0.3 is 15.4 Å². The molecular weight excluding hydrogens is 254 g/mol. The van der Waals surface area contributed by atoms with Gasteiger partial charge in [-0.25, -0.2) is 4.98 Å². The number of rotatable bonds is 8. The average molecular weight is 279 g/mol. The number of nitrogens with one attached hydrogen (secondary N) is 2. The Balaban J connectivity index is 2.54. The minimum Gasteiger partial charge on any atom is -0.475 e. The van der Waals surface area contributed by atoms with Crippen LogP contribution in [-0.4, -0.2) is 30.1 Å². The first-order valence-electron chi connectivity index (χ1n) is 7.13. The fourth-order valence-electron chi connectivity index (χ4n) is 1.70. The molecule has 0 spiro atoms. The maximum Gasteiger partial charge on any atom is 0.224 e. The third-order valence-corrected chi connectivity index (χ3v) is 2.80. The molecule has 0 saturated heterocycles. The van der Waals surface area contributed by atoms with Crippen molar-refractivity contribution in [2.75, 3.05) is 13.1 Å². The highest BCUT2D eigenvalue weighted by Gasteiger charge is 2.13. The van der Waals surface area contributed by atoms with Gasteiger partial charge in [0.15, 0.2) is 0 Å². The van der Waals surface area contributed by atoms with Crippen molar-refractivity contribution in [2.24, 2.45) is 5.92 Å². The monoisotopic (exact) mass is 279 g/mol. The van der Waals surface area contributed by atoms with Gasteiger partial charge >= 0.3 is 0 Å². The number of nitrogens with zero attached hydrogens (tertiary/aromatic N) is 1. The lowest BCUT2D eigenvalue weighted by Crippen LogP contribution is -2.35. The first-order chi connectivity index (χ1) is 9.54. The van der Waals surface area contributed by atoms with Crippen LogP contribution < -0.4 is 15.4 Å². The molecular formula is C15H25N3O2. The van der Waals surface area contributed by atoms with Gasteiger partial charge in [-0.2, -0.15) is 0 Å². The molecule has 0 fully saturated rings. The highest BCUT2D eigenvalue weighted by atomic mass is 16.5. The Labute approximate surface area is 121 Å². The summed E-state index contributed by atoms with van der Waals surface area (Å²) >= 11 is 0. The second-order valence-corrected chi connectivity index (χ2v) is 5.06. The maximum absolute atomic E-state index is 11.9. The molecule has 5 heteroatoms. The van der Waals surface area contributed by atoms with Gasteiger partial charge in [0, 0.05) is 30.8 Å². The van der Waals surface area contributed by atoms with Crippen LogP contribution >= 0.6 is 0 Å². The smallest absolute Gasteiger partial charge is 0.224 e. The molecule has 1 atom stereocenters. The second kappa shape index (κ2) is 8.53. The highest BCUT2D eigenvalue weighted by Crippen LogP contribution is 2.15. The predicted octanol–water partition coefficient (Wildman–Crippen LogP) is 1.73. The Hall–Kier alpha value is -1.62. The molecule has 0 aliphatic heterocycles. The molecule has 1 heterocycles. The first-order valence-corrected chi connectivity index (χ1v) is 7.13. The average Bonchev–Trinajstić information content (AvgIpc) is 2.42. The minimum absolute atomic E-state index is 0.0327. The number of amides is 1. The minimum atomic E-state index is -0.0545. The van der Waals surface area contributed by atoms with E-state index in [1.807, 2.05) is 39.8 Å². The van der Waals surface area contributed by atoms with Crippen molar-refractivity contribution >= 4 is 5.91 Å². The van der Waals surface area contributed by atoms with Crippen LogP contribution in [0, 0.1) is 5.92 Å². The molecule has 5 nitrogen and oxygen atoms in total. The van der Waals surface area contributed by atoms with Gasteiger partial charge in [0.2, 0.25) is 11.8 Å². The summed E-state index contributed by atoms with van der Waals surface area (Å²) in [7, 11) is 0. The highest BCUT2D eigenvalue weighted by molar-refractivity contribution is 5.78. The van der Waals surface area contributed by atoms with Crippen molar-refractivity contribution in [3.63, 3.8) is 0 Å². The summed E-state index contributed by atoms with van der Waals surface area (Å²) in [6, 6.07) is 3.76. The number of hydrogen-bond acceptors (Lipinski definition) is 4. The Morgan fingerprint density at radius 1 is 1.40 bits per heavy atom. The molecule has 1 aromatic rings. The first kappa shape index (κ1) is 16.4. The Morgan fingerprint density at radius 3 is 2.80 bits per heavy atom. The van der Waals surface area contributed by atoms with E-state index >= 15 is 0 Å². The van der Waals surface area contributed by atoms with E-state index in [0.717, 1.165) is 12.1 Å². The summed E-state index contributed by atoms with van der Waals surface area (Å²) in [6.07, 6.45) is 1.75. The third-order valence-electron chi connectivity index (χ3n) is 2.80. The Morgan fingerprint density at radius 2 is 2.15 bits per heavy atom. The van der Waals surface area contributed by atoms with Gasteiger partial charge in [0.25, 0.3) is 0 Å². The second-order valence-electron chi connectivity index (χ2n) is 5.06. The van der Waals surface area contributed by atoms with Crippen LogP contribution in [0.5, 0.6) is 5.88 Å². The summed E-state index contributed by atoms with van der Waals surface area (Å²) in [6.45, 7) is 9.83. The van der Waals surface area contributed by atoms with Crippen molar-refractivity contribution in [2.45, 2.75) is 40.3 Å². The Kier molecular flexibility index (Phi) is 7.01. The number of carbonyl (C=O) groups excluding carboxylic acids is 1. The zero-order chi connectivity index (χ0) is 15.0. The molecule has 0 radical (unpaired) electrons. The molecule has 0 aromatic carbocycles. The van der Waals surface area contributed by atoms with Crippen LogP contribution in [0.2, 0.25) is 0 Å². The number of aromatic nitrogens is 1. The summed E-state index contributed by atoms with van der Waals surface area (Å²) in [5.74, 6) is 0.563. The van der Waals surface area contributed by atoms with E-state index in [1.54, 1.807) is 6.20 Å². The van der Waals surface area contributed by atoms with Crippen LogP contribution in [0.3, 0.4) is 0 Å². The molecule has 1 aromatic heterocycles. The van der Waals surface area contributed by atoms with E-state index in [4.69, 9.17) is 4.74 Å². The molecule has 0 aliphatic carbocycles. The third kappa shape index (κ3) is 5.57. The summed E-state index contributed by atoms with van der Waals surface area (Å²) in [5, 5.41) is 6.09. The molecule has 1 unspecified atom stereocenters. The van der Waals surface area contributed by atoms with Gasteiger partial charge in [-0.1, -0.05) is 19.9 Å². The van der Waals surface area contributed by atoms with Crippen LogP contribution in [0.4, 0.5) is 0 Å². The van der Waals surface area contributed by atoms with E-state index < -0.39 is 0 Å². The number of ether oxygens (including phenoxy) is 1. The van der Waals surface area contributed by atoms with Gasteiger partial charge in [-0.3, -0.25) is 4.79 Å².